The Labute approximate surface area is 116 Å². The molecule has 1 rings (SSSR count). The van der Waals surface area contributed by atoms with E-state index < -0.39 is 0 Å². The second-order valence-electron chi connectivity index (χ2n) is 5.92. The van der Waals surface area contributed by atoms with E-state index in [4.69, 9.17) is 14.2 Å². The highest BCUT2D eigenvalue weighted by molar-refractivity contribution is 5.43. The molecular weight excluding hydrogens is 240 g/mol. The molecule has 0 spiro atoms. The second-order valence-corrected chi connectivity index (χ2v) is 5.92. The van der Waals surface area contributed by atoms with Gasteiger partial charge in [-0.15, -0.1) is 0 Å². The lowest BCUT2D eigenvalue weighted by Crippen LogP contribution is -2.09. The van der Waals surface area contributed by atoms with Crippen molar-refractivity contribution in [1.82, 2.24) is 0 Å². The van der Waals surface area contributed by atoms with Crippen molar-refractivity contribution in [2.45, 2.75) is 33.6 Å². The van der Waals surface area contributed by atoms with Crippen LogP contribution in [0.3, 0.4) is 0 Å². The van der Waals surface area contributed by atoms with Crippen LogP contribution in [0.25, 0.3) is 0 Å². The fourth-order valence-electron chi connectivity index (χ4n) is 1.94. The summed E-state index contributed by atoms with van der Waals surface area (Å²) in [5.74, 6) is 1.61. The molecule has 19 heavy (non-hydrogen) atoms. The molecule has 0 radical (unpaired) electrons. The fourth-order valence-corrected chi connectivity index (χ4v) is 1.94. The van der Waals surface area contributed by atoms with Crippen LogP contribution in [0.1, 0.15) is 32.8 Å². The van der Waals surface area contributed by atoms with Gasteiger partial charge in [-0.1, -0.05) is 26.8 Å². The zero-order valence-corrected chi connectivity index (χ0v) is 12.8. The molecule has 0 saturated heterocycles. The van der Waals surface area contributed by atoms with Crippen molar-refractivity contribution in [3.8, 4) is 11.5 Å². The SMILES string of the molecule is COCCCOc1cc(CC(C)(C)C)ccc1OC. The molecule has 3 nitrogen and oxygen atoms in total. The van der Waals surface area contributed by atoms with Crippen LogP contribution in [0.15, 0.2) is 18.2 Å². The van der Waals surface area contributed by atoms with Crippen LogP contribution >= 0.6 is 0 Å². The van der Waals surface area contributed by atoms with Crippen molar-refractivity contribution in [3.05, 3.63) is 23.8 Å². The van der Waals surface area contributed by atoms with Crippen molar-refractivity contribution >= 4 is 0 Å². The number of benzene rings is 1. The molecule has 0 aliphatic heterocycles. The molecule has 0 fully saturated rings. The maximum Gasteiger partial charge on any atom is 0.161 e. The van der Waals surface area contributed by atoms with Gasteiger partial charge in [-0.2, -0.15) is 0 Å². The summed E-state index contributed by atoms with van der Waals surface area (Å²) in [5.41, 5.74) is 1.54. The average molecular weight is 266 g/mol. The number of rotatable bonds is 7. The average Bonchev–Trinajstić information content (AvgIpc) is 2.33. The normalized spacial score (nSPS) is 11.4. The lowest BCUT2D eigenvalue weighted by atomic mass is 9.88. The van der Waals surface area contributed by atoms with Crippen LogP contribution in [-0.2, 0) is 11.2 Å². The first kappa shape index (κ1) is 15.8. The number of methoxy groups -OCH3 is 2. The van der Waals surface area contributed by atoms with E-state index in [-0.39, 0.29) is 5.41 Å². The molecule has 0 atom stereocenters. The highest BCUT2D eigenvalue weighted by atomic mass is 16.5. The smallest absolute Gasteiger partial charge is 0.161 e. The maximum absolute atomic E-state index is 5.78. The van der Waals surface area contributed by atoms with Crippen LogP contribution < -0.4 is 9.47 Å². The minimum absolute atomic E-state index is 0.266. The molecule has 0 N–H and O–H groups in total. The number of ether oxygens (including phenoxy) is 3. The third-order valence-corrected chi connectivity index (χ3v) is 2.71. The van der Waals surface area contributed by atoms with Crippen molar-refractivity contribution in [3.63, 3.8) is 0 Å². The minimum Gasteiger partial charge on any atom is -0.493 e. The zero-order valence-electron chi connectivity index (χ0n) is 12.8. The van der Waals surface area contributed by atoms with Gasteiger partial charge in [0.25, 0.3) is 0 Å². The van der Waals surface area contributed by atoms with E-state index in [0.717, 1.165) is 24.3 Å². The van der Waals surface area contributed by atoms with Gasteiger partial charge in [0.15, 0.2) is 11.5 Å². The van der Waals surface area contributed by atoms with Gasteiger partial charge < -0.3 is 14.2 Å². The molecule has 0 unspecified atom stereocenters. The molecule has 1 aromatic carbocycles. The van der Waals surface area contributed by atoms with Gasteiger partial charge in [-0.25, -0.2) is 0 Å². The molecule has 0 aliphatic rings. The van der Waals surface area contributed by atoms with Crippen molar-refractivity contribution in [1.29, 1.82) is 0 Å². The Hall–Kier alpha value is -1.22. The lowest BCUT2D eigenvalue weighted by molar-refractivity contribution is 0.170. The maximum atomic E-state index is 5.78. The summed E-state index contributed by atoms with van der Waals surface area (Å²) in [5, 5.41) is 0. The Morgan fingerprint density at radius 1 is 1.00 bits per heavy atom. The Morgan fingerprint density at radius 2 is 1.74 bits per heavy atom. The van der Waals surface area contributed by atoms with E-state index >= 15 is 0 Å². The third kappa shape index (κ3) is 5.97. The first-order valence-electron chi connectivity index (χ1n) is 6.75. The van der Waals surface area contributed by atoms with Crippen LogP contribution in [0, 0.1) is 5.41 Å². The summed E-state index contributed by atoms with van der Waals surface area (Å²) >= 11 is 0. The standard InChI is InChI=1S/C16H26O3/c1-16(2,3)12-13-7-8-14(18-5)15(11-13)19-10-6-9-17-4/h7-8,11H,6,9-10,12H2,1-5H3. The summed E-state index contributed by atoms with van der Waals surface area (Å²) in [6.45, 7) is 8.05. The monoisotopic (exact) mass is 266 g/mol. The van der Waals surface area contributed by atoms with Crippen molar-refractivity contribution in [2.75, 3.05) is 27.4 Å². The number of hydrogen-bond donors (Lipinski definition) is 0. The van der Waals surface area contributed by atoms with Gasteiger partial charge in [0.2, 0.25) is 0 Å². The summed E-state index contributed by atoms with van der Waals surface area (Å²) < 4.78 is 16.1. The van der Waals surface area contributed by atoms with Gasteiger partial charge in [0.1, 0.15) is 0 Å². The quantitative estimate of drug-likeness (QED) is 0.704. The van der Waals surface area contributed by atoms with Crippen LogP contribution in [0.5, 0.6) is 11.5 Å². The van der Waals surface area contributed by atoms with Crippen LogP contribution in [-0.4, -0.2) is 27.4 Å². The summed E-state index contributed by atoms with van der Waals surface area (Å²) in [6.07, 6.45) is 1.90. The first-order chi connectivity index (χ1) is 8.96. The summed E-state index contributed by atoms with van der Waals surface area (Å²) in [7, 11) is 3.37. The molecule has 1 aromatic rings. The predicted molar refractivity (Wildman–Crippen MR) is 78.1 cm³/mol. The van der Waals surface area contributed by atoms with E-state index in [2.05, 4.69) is 32.9 Å². The molecule has 0 saturated carbocycles. The van der Waals surface area contributed by atoms with Crippen LogP contribution in [0.2, 0.25) is 0 Å². The summed E-state index contributed by atoms with van der Waals surface area (Å²) in [6, 6.07) is 6.16. The van der Waals surface area contributed by atoms with E-state index in [1.165, 1.54) is 5.56 Å². The minimum atomic E-state index is 0.266. The second kappa shape index (κ2) is 7.39. The van der Waals surface area contributed by atoms with Crippen LogP contribution in [0.4, 0.5) is 0 Å². The van der Waals surface area contributed by atoms with Gasteiger partial charge >= 0.3 is 0 Å². The molecule has 108 valence electrons. The van der Waals surface area contributed by atoms with Gasteiger partial charge in [-0.05, 0) is 29.5 Å². The largest absolute Gasteiger partial charge is 0.493 e. The Kier molecular flexibility index (Phi) is 6.16. The van der Waals surface area contributed by atoms with E-state index in [1.807, 2.05) is 6.07 Å². The van der Waals surface area contributed by atoms with Gasteiger partial charge in [0.05, 0.1) is 13.7 Å². The highest BCUT2D eigenvalue weighted by Gasteiger charge is 2.13. The molecule has 0 amide bonds. The Morgan fingerprint density at radius 3 is 2.32 bits per heavy atom. The predicted octanol–water partition coefficient (Wildman–Crippen LogP) is 3.70. The molecule has 0 heterocycles. The van der Waals surface area contributed by atoms with E-state index in [1.54, 1.807) is 14.2 Å². The van der Waals surface area contributed by atoms with Gasteiger partial charge in [-0.3, -0.25) is 0 Å². The zero-order chi connectivity index (χ0) is 14.3. The molecule has 3 heteroatoms. The molecule has 0 aromatic heterocycles. The topological polar surface area (TPSA) is 27.7 Å². The summed E-state index contributed by atoms with van der Waals surface area (Å²) in [4.78, 5) is 0. The lowest BCUT2D eigenvalue weighted by Gasteiger charge is -2.19. The van der Waals surface area contributed by atoms with E-state index in [0.29, 0.717) is 13.2 Å². The Balaban J connectivity index is 2.72. The van der Waals surface area contributed by atoms with Gasteiger partial charge in [0, 0.05) is 20.1 Å². The molecule has 0 bridgehead atoms. The fraction of sp³-hybridized carbons (Fsp3) is 0.625. The van der Waals surface area contributed by atoms with E-state index in [9.17, 15) is 0 Å². The van der Waals surface area contributed by atoms with Crippen molar-refractivity contribution in [2.24, 2.45) is 5.41 Å². The third-order valence-electron chi connectivity index (χ3n) is 2.71. The van der Waals surface area contributed by atoms with Crippen molar-refractivity contribution < 1.29 is 14.2 Å². The molecule has 0 aliphatic carbocycles. The molecular formula is C16H26O3. The Bertz CT molecular complexity index is 380. The number of hydrogen-bond acceptors (Lipinski definition) is 3. The first-order valence-corrected chi connectivity index (χ1v) is 6.75. The highest BCUT2D eigenvalue weighted by Crippen LogP contribution is 2.31.